The van der Waals surface area contributed by atoms with Crippen LogP contribution in [0.3, 0.4) is 0 Å². The lowest BCUT2D eigenvalue weighted by molar-refractivity contribution is 0.0946. The molecule has 7 nitrogen and oxygen atoms in total. The van der Waals surface area contributed by atoms with Gasteiger partial charge in [-0.1, -0.05) is 18.2 Å². The van der Waals surface area contributed by atoms with Crippen LogP contribution in [0.25, 0.3) is 10.9 Å². The van der Waals surface area contributed by atoms with E-state index < -0.39 is 10.0 Å². The number of para-hydroxylation sites is 1. The lowest BCUT2D eigenvalue weighted by Gasteiger charge is -2.33. The highest BCUT2D eigenvalue weighted by atomic mass is 32.2. The third kappa shape index (κ3) is 3.77. The fraction of sp³-hybridized carbons (Fsp3) is 0.438. The van der Waals surface area contributed by atoms with Crippen LogP contribution in [0.2, 0.25) is 0 Å². The maximum absolute atomic E-state index is 12.3. The summed E-state index contributed by atoms with van der Waals surface area (Å²) in [5.74, 6) is -0.0952. The van der Waals surface area contributed by atoms with Crippen molar-refractivity contribution in [1.29, 1.82) is 0 Å². The lowest BCUT2D eigenvalue weighted by Crippen LogP contribution is -2.49. The summed E-state index contributed by atoms with van der Waals surface area (Å²) in [7, 11) is -3.10. The molecule has 2 heterocycles. The average Bonchev–Trinajstić information content (AvgIpc) is 2.98. The summed E-state index contributed by atoms with van der Waals surface area (Å²) in [5.41, 5.74) is 1.59. The van der Waals surface area contributed by atoms with Gasteiger partial charge in [0, 0.05) is 56.4 Å². The van der Waals surface area contributed by atoms with Crippen molar-refractivity contribution >= 4 is 26.8 Å². The summed E-state index contributed by atoms with van der Waals surface area (Å²) in [6.07, 6.45) is 2.97. The van der Waals surface area contributed by atoms with E-state index in [0.29, 0.717) is 44.8 Å². The predicted octanol–water partition coefficient (Wildman–Crippen LogP) is 0.475. The SMILES string of the molecule is CS(=O)(=O)N1CCN(CCNC(=O)c2c[nH]c3ccccc23)CC1. The number of benzene rings is 1. The standard InChI is InChI=1S/C16H22N4O3S/c1-24(22,23)20-10-8-19(9-11-20)7-6-17-16(21)14-12-18-15-5-3-2-4-13(14)15/h2-5,12,18H,6-11H2,1H3,(H,17,21). The smallest absolute Gasteiger partial charge is 0.253 e. The van der Waals surface area contributed by atoms with Gasteiger partial charge in [-0.15, -0.1) is 0 Å². The van der Waals surface area contributed by atoms with E-state index in [9.17, 15) is 13.2 Å². The summed E-state index contributed by atoms with van der Waals surface area (Å²) >= 11 is 0. The number of piperazine rings is 1. The Kier molecular flexibility index (Phi) is 4.88. The number of nitrogens with zero attached hydrogens (tertiary/aromatic N) is 2. The zero-order chi connectivity index (χ0) is 17.2. The van der Waals surface area contributed by atoms with Crippen molar-refractivity contribution in [1.82, 2.24) is 19.5 Å². The third-order valence-electron chi connectivity index (χ3n) is 4.35. The van der Waals surface area contributed by atoms with Gasteiger partial charge in [-0.2, -0.15) is 4.31 Å². The number of H-pyrrole nitrogens is 1. The quantitative estimate of drug-likeness (QED) is 0.821. The zero-order valence-electron chi connectivity index (χ0n) is 13.7. The van der Waals surface area contributed by atoms with E-state index in [2.05, 4.69) is 15.2 Å². The number of aromatic amines is 1. The van der Waals surface area contributed by atoms with E-state index in [1.165, 1.54) is 10.6 Å². The van der Waals surface area contributed by atoms with Gasteiger partial charge in [0.05, 0.1) is 11.8 Å². The Bertz CT molecular complexity index is 823. The maximum Gasteiger partial charge on any atom is 0.253 e. The molecule has 130 valence electrons. The molecule has 1 aliphatic heterocycles. The number of nitrogens with one attached hydrogen (secondary N) is 2. The summed E-state index contributed by atoms with van der Waals surface area (Å²) in [6.45, 7) is 3.65. The highest BCUT2D eigenvalue weighted by Crippen LogP contribution is 2.17. The molecule has 1 amide bonds. The number of rotatable bonds is 5. The Balaban J connectivity index is 1.48. The molecule has 0 atom stereocenters. The molecule has 1 aromatic heterocycles. The first-order valence-electron chi connectivity index (χ1n) is 7.97. The van der Waals surface area contributed by atoms with Gasteiger partial charge < -0.3 is 10.3 Å². The first kappa shape index (κ1) is 16.9. The Labute approximate surface area is 141 Å². The Morgan fingerprint density at radius 3 is 2.62 bits per heavy atom. The van der Waals surface area contributed by atoms with Crippen LogP contribution in [0.15, 0.2) is 30.5 Å². The van der Waals surface area contributed by atoms with Crippen LogP contribution in [0.1, 0.15) is 10.4 Å². The molecule has 1 saturated heterocycles. The van der Waals surface area contributed by atoms with E-state index >= 15 is 0 Å². The van der Waals surface area contributed by atoms with Crippen molar-refractivity contribution in [3.63, 3.8) is 0 Å². The molecule has 1 aliphatic rings. The van der Waals surface area contributed by atoms with Gasteiger partial charge in [-0.05, 0) is 6.07 Å². The number of hydrogen-bond donors (Lipinski definition) is 2. The minimum absolute atomic E-state index is 0.0952. The average molecular weight is 350 g/mol. The number of carbonyl (C=O) groups excluding carboxylic acids is 1. The van der Waals surface area contributed by atoms with E-state index in [1.54, 1.807) is 6.20 Å². The minimum Gasteiger partial charge on any atom is -0.360 e. The summed E-state index contributed by atoms with van der Waals surface area (Å²) in [4.78, 5) is 17.6. The number of carbonyl (C=O) groups is 1. The van der Waals surface area contributed by atoms with Gasteiger partial charge in [-0.25, -0.2) is 8.42 Å². The molecule has 0 aliphatic carbocycles. The number of aromatic nitrogens is 1. The van der Waals surface area contributed by atoms with Crippen molar-refractivity contribution in [2.24, 2.45) is 0 Å². The lowest BCUT2D eigenvalue weighted by atomic mass is 10.1. The molecule has 2 aromatic rings. The van der Waals surface area contributed by atoms with Crippen molar-refractivity contribution in [3.8, 4) is 0 Å². The van der Waals surface area contributed by atoms with E-state index in [1.807, 2.05) is 24.3 Å². The second kappa shape index (κ2) is 6.92. The van der Waals surface area contributed by atoms with E-state index in [4.69, 9.17) is 0 Å². The molecule has 24 heavy (non-hydrogen) atoms. The van der Waals surface area contributed by atoms with Crippen LogP contribution in [-0.4, -0.2) is 74.0 Å². The molecule has 0 spiro atoms. The summed E-state index contributed by atoms with van der Waals surface area (Å²) in [6, 6.07) is 7.70. The molecule has 1 aromatic carbocycles. The van der Waals surface area contributed by atoms with Gasteiger partial charge in [0.25, 0.3) is 5.91 Å². The van der Waals surface area contributed by atoms with Crippen molar-refractivity contribution in [3.05, 3.63) is 36.0 Å². The highest BCUT2D eigenvalue weighted by molar-refractivity contribution is 7.88. The normalized spacial score (nSPS) is 17.2. The van der Waals surface area contributed by atoms with Crippen molar-refractivity contribution < 1.29 is 13.2 Å². The van der Waals surface area contributed by atoms with Gasteiger partial charge >= 0.3 is 0 Å². The van der Waals surface area contributed by atoms with Gasteiger partial charge in [0.1, 0.15) is 0 Å². The second-order valence-corrected chi connectivity index (χ2v) is 7.99. The van der Waals surface area contributed by atoms with Crippen LogP contribution >= 0.6 is 0 Å². The fourth-order valence-electron chi connectivity index (χ4n) is 2.97. The molecule has 8 heteroatoms. The number of fused-ring (bicyclic) bond motifs is 1. The van der Waals surface area contributed by atoms with Gasteiger partial charge in [0.2, 0.25) is 10.0 Å². The molecule has 0 saturated carbocycles. The number of sulfonamides is 1. The monoisotopic (exact) mass is 350 g/mol. The number of hydrogen-bond acceptors (Lipinski definition) is 4. The Hall–Kier alpha value is -1.90. The first-order chi connectivity index (χ1) is 11.4. The molecule has 1 fully saturated rings. The predicted molar refractivity (Wildman–Crippen MR) is 93.5 cm³/mol. The first-order valence-corrected chi connectivity index (χ1v) is 9.82. The van der Waals surface area contributed by atoms with Gasteiger partial charge in [0.15, 0.2) is 0 Å². The van der Waals surface area contributed by atoms with Crippen LogP contribution < -0.4 is 5.32 Å². The van der Waals surface area contributed by atoms with E-state index in [0.717, 1.165) is 10.9 Å². The largest absolute Gasteiger partial charge is 0.360 e. The summed E-state index contributed by atoms with van der Waals surface area (Å²) in [5, 5.41) is 3.85. The zero-order valence-corrected chi connectivity index (χ0v) is 14.5. The molecular weight excluding hydrogens is 328 g/mol. The topological polar surface area (TPSA) is 85.5 Å². The molecule has 0 radical (unpaired) electrons. The second-order valence-electron chi connectivity index (χ2n) is 6.01. The highest BCUT2D eigenvalue weighted by Gasteiger charge is 2.23. The van der Waals surface area contributed by atoms with Crippen molar-refractivity contribution in [2.75, 3.05) is 45.5 Å². The Morgan fingerprint density at radius 2 is 1.92 bits per heavy atom. The van der Waals surface area contributed by atoms with Crippen LogP contribution in [0.4, 0.5) is 0 Å². The van der Waals surface area contributed by atoms with Crippen LogP contribution in [-0.2, 0) is 10.0 Å². The fourth-order valence-corrected chi connectivity index (χ4v) is 3.79. The molecule has 0 unspecified atom stereocenters. The van der Waals surface area contributed by atoms with Crippen molar-refractivity contribution in [2.45, 2.75) is 0 Å². The maximum atomic E-state index is 12.3. The minimum atomic E-state index is -3.10. The molecule has 3 rings (SSSR count). The number of amides is 1. The molecule has 2 N–H and O–H groups in total. The summed E-state index contributed by atoms with van der Waals surface area (Å²) < 4.78 is 24.5. The van der Waals surface area contributed by atoms with E-state index in [-0.39, 0.29) is 5.91 Å². The molecular formula is C16H22N4O3S. The van der Waals surface area contributed by atoms with Crippen LogP contribution in [0.5, 0.6) is 0 Å². The molecule has 0 bridgehead atoms. The van der Waals surface area contributed by atoms with Crippen LogP contribution in [0, 0.1) is 0 Å². The Morgan fingerprint density at radius 1 is 1.21 bits per heavy atom. The third-order valence-corrected chi connectivity index (χ3v) is 5.65. The van der Waals surface area contributed by atoms with Gasteiger partial charge in [-0.3, -0.25) is 9.69 Å².